The molecule has 1 aliphatic heterocycles. The number of halogens is 2. The van der Waals surface area contributed by atoms with E-state index < -0.39 is 12.3 Å². The summed E-state index contributed by atoms with van der Waals surface area (Å²) in [6, 6.07) is 12.6. The van der Waals surface area contributed by atoms with Gasteiger partial charge >= 0.3 is 6.43 Å². The standard InChI is InChI=1S/C19H16F2N4O3/c20-17(21)19-24-23-18(28-19)13-6-7-22-15(9-13)25-14(10-27-11-16(25)26)8-12-4-2-1-3-5-12/h1-7,9,14,17H,8,10-11H2/t14-/m1/s1. The van der Waals surface area contributed by atoms with Crippen LogP contribution in [0, 0.1) is 0 Å². The zero-order valence-electron chi connectivity index (χ0n) is 14.7. The van der Waals surface area contributed by atoms with Gasteiger partial charge in [0.25, 0.3) is 11.8 Å². The van der Waals surface area contributed by atoms with Crippen LogP contribution in [0.4, 0.5) is 14.6 Å². The molecule has 1 saturated heterocycles. The minimum absolute atomic E-state index is 0.0483. The highest BCUT2D eigenvalue weighted by Gasteiger charge is 2.31. The van der Waals surface area contributed by atoms with E-state index in [0.717, 1.165) is 5.56 Å². The first-order chi connectivity index (χ1) is 13.6. The number of anilines is 1. The Labute approximate surface area is 159 Å². The van der Waals surface area contributed by atoms with Gasteiger partial charge in [0.05, 0.1) is 12.6 Å². The number of hydrogen-bond acceptors (Lipinski definition) is 6. The van der Waals surface area contributed by atoms with E-state index >= 15 is 0 Å². The van der Waals surface area contributed by atoms with Crippen LogP contribution in [0.2, 0.25) is 0 Å². The molecule has 1 fully saturated rings. The van der Waals surface area contributed by atoms with Gasteiger partial charge in [0, 0.05) is 11.8 Å². The summed E-state index contributed by atoms with van der Waals surface area (Å²) in [5.41, 5.74) is 1.47. The fraction of sp³-hybridized carbons (Fsp3) is 0.263. The van der Waals surface area contributed by atoms with Gasteiger partial charge in [-0.15, -0.1) is 10.2 Å². The van der Waals surface area contributed by atoms with Crippen LogP contribution >= 0.6 is 0 Å². The maximum atomic E-state index is 12.7. The van der Waals surface area contributed by atoms with Gasteiger partial charge in [-0.1, -0.05) is 30.3 Å². The molecule has 4 rings (SSSR count). The summed E-state index contributed by atoms with van der Waals surface area (Å²) in [5.74, 6) is -0.656. The molecule has 1 amide bonds. The number of nitrogens with zero attached hydrogens (tertiary/aromatic N) is 4. The number of carbonyl (C=O) groups excluding carboxylic acids is 1. The molecule has 1 atom stereocenters. The Bertz CT molecular complexity index is 965. The van der Waals surface area contributed by atoms with E-state index in [9.17, 15) is 13.6 Å². The number of aromatic nitrogens is 3. The van der Waals surface area contributed by atoms with E-state index in [1.54, 1.807) is 17.0 Å². The van der Waals surface area contributed by atoms with E-state index in [2.05, 4.69) is 15.2 Å². The third kappa shape index (κ3) is 3.74. The Kier molecular flexibility index (Phi) is 5.07. The Balaban J connectivity index is 1.64. The lowest BCUT2D eigenvalue weighted by Crippen LogP contribution is -2.51. The number of ether oxygens (including phenoxy) is 1. The highest BCUT2D eigenvalue weighted by atomic mass is 19.3. The maximum absolute atomic E-state index is 12.7. The minimum Gasteiger partial charge on any atom is -0.415 e. The summed E-state index contributed by atoms with van der Waals surface area (Å²) in [6.45, 7) is 0.315. The molecule has 0 saturated carbocycles. The molecule has 3 heterocycles. The van der Waals surface area contributed by atoms with Crippen molar-refractivity contribution in [3.05, 3.63) is 60.1 Å². The van der Waals surface area contributed by atoms with Crippen molar-refractivity contribution >= 4 is 11.7 Å². The Morgan fingerprint density at radius 2 is 2.00 bits per heavy atom. The number of carbonyl (C=O) groups is 1. The average Bonchev–Trinajstić information content (AvgIpc) is 3.20. The number of amides is 1. The quantitative estimate of drug-likeness (QED) is 0.670. The van der Waals surface area contributed by atoms with Crippen LogP contribution in [0.25, 0.3) is 11.5 Å². The summed E-state index contributed by atoms with van der Waals surface area (Å²) in [6.07, 6.45) is -0.785. The molecule has 0 radical (unpaired) electrons. The molecule has 0 N–H and O–H groups in total. The minimum atomic E-state index is -2.85. The normalized spacial score (nSPS) is 17.3. The SMILES string of the molecule is O=C1COC[C@@H](Cc2ccccc2)N1c1cc(-c2nnc(C(F)F)o2)ccn1. The van der Waals surface area contributed by atoms with E-state index in [0.29, 0.717) is 24.4 Å². The number of benzene rings is 1. The topological polar surface area (TPSA) is 81.4 Å². The predicted molar refractivity (Wildman–Crippen MR) is 94.7 cm³/mol. The molecule has 1 aliphatic rings. The van der Waals surface area contributed by atoms with Gasteiger partial charge in [-0.3, -0.25) is 9.69 Å². The number of pyridine rings is 1. The Morgan fingerprint density at radius 3 is 2.75 bits per heavy atom. The Hall–Kier alpha value is -3.20. The van der Waals surface area contributed by atoms with E-state index in [1.807, 2.05) is 30.3 Å². The van der Waals surface area contributed by atoms with Crippen LogP contribution in [0.1, 0.15) is 17.9 Å². The monoisotopic (exact) mass is 386 g/mol. The lowest BCUT2D eigenvalue weighted by Gasteiger charge is -2.34. The van der Waals surface area contributed by atoms with Crippen molar-refractivity contribution in [2.45, 2.75) is 18.9 Å². The van der Waals surface area contributed by atoms with E-state index in [1.165, 1.54) is 6.20 Å². The van der Waals surface area contributed by atoms with Crippen molar-refractivity contribution < 1.29 is 22.7 Å². The Morgan fingerprint density at radius 1 is 1.18 bits per heavy atom. The lowest BCUT2D eigenvalue weighted by atomic mass is 10.0. The van der Waals surface area contributed by atoms with Crippen LogP contribution in [-0.2, 0) is 16.0 Å². The van der Waals surface area contributed by atoms with Crippen molar-refractivity contribution in [2.24, 2.45) is 0 Å². The first-order valence-corrected chi connectivity index (χ1v) is 8.63. The molecule has 0 bridgehead atoms. The second kappa shape index (κ2) is 7.81. The molecule has 9 heteroatoms. The number of rotatable bonds is 5. The van der Waals surface area contributed by atoms with Crippen LogP contribution in [0.15, 0.2) is 53.1 Å². The summed E-state index contributed by atoms with van der Waals surface area (Å²) in [4.78, 5) is 18.4. The summed E-state index contributed by atoms with van der Waals surface area (Å²) >= 11 is 0. The molecule has 0 spiro atoms. The van der Waals surface area contributed by atoms with Gasteiger partial charge in [0.2, 0.25) is 5.89 Å². The fourth-order valence-corrected chi connectivity index (χ4v) is 3.10. The van der Waals surface area contributed by atoms with Gasteiger partial charge in [0.1, 0.15) is 12.4 Å². The number of hydrogen-bond donors (Lipinski definition) is 0. The van der Waals surface area contributed by atoms with Gasteiger partial charge < -0.3 is 9.15 Å². The maximum Gasteiger partial charge on any atom is 0.314 e. The zero-order valence-corrected chi connectivity index (χ0v) is 14.7. The van der Waals surface area contributed by atoms with Gasteiger partial charge in [-0.2, -0.15) is 8.78 Å². The molecule has 3 aromatic rings. The van der Waals surface area contributed by atoms with E-state index in [4.69, 9.17) is 9.15 Å². The highest BCUT2D eigenvalue weighted by molar-refractivity contribution is 5.95. The van der Waals surface area contributed by atoms with Crippen LogP contribution in [0.5, 0.6) is 0 Å². The second-order valence-electron chi connectivity index (χ2n) is 6.27. The third-order valence-corrected chi connectivity index (χ3v) is 4.35. The number of alkyl halides is 2. The molecule has 2 aromatic heterocycles. The van der Waals surface area contributed by atoms with Crippen molar-refractivity contribution in [2.75, 3.05) is 18.1 Å². The summed E-state index contributed by atoms with van der Waals surface area (Å²) in [5, 5.41) is 6.98. The molecular weight excluding hydrogens is 370 g/mol. The zero-order chi connectivity index (χ0) is 19.5. The van der Waals surface area contributed by atoms with Crippen molar-refractivity contribution in [3.8, 4) is 11.5 Å². The molecule has 0 unspecified atom stereocenters. The lowest BCUT2D eigenvalue weighted by molar-refractivity contribution is -0.127. The fourth-order valence-electron chi connectivity index (χ4n) is 3.10. The van der Waals surface area contributed by atoms with Gasteiger partial charge in [-0.25, -0.2) is 4.98 Å². The van der Waals surface area contributed by atoms with Crippen LogP contribution < -0.4 is 4.90 Å². The molecule has 144 valence electrons. The van der Waals surface area contributed by atoms with Crippen molar-refractivity contribution in [3.63, 3.8) is 0 Å². The molecule has 0 aliphatic carbocycles. The van der Waals surface area contributed by atoms with E-state index in [-0.39, 0.29) is 24.4 Å². The van der Waals surface area contributed by atoms with Gasteiger partial charge in [-0.05, 0) is 24.1 Å². The average molecular weight is 386 g/mol. The smallest absolute Gasteiger partial charge is 0.314 e. The number of morpholine rings is 1. The largest absolute Gasteiger partial charge is 0.415 e. The van der Waals surface area contributed by atoms with Crippen LogP contribution in [0.3, 0.4) is 0 Å². The summed E-state index contributed by atoms with van der Waals surface area (Å²) in [7, 11) is 0. The molecule has 28 heavy (non-hydrogen) atoms. The molecule has 7 nitrogen and oxygen atoms in total. The third-order valence-electron chi connectivity index (χ3n) is 4.35. The second-order valence-corrected chi connectivity index (χ2v) is 6.27. The van der Waals surface area contributed by atoms with Crippen LogP contribution in [-0.4, -0.2) is 40.3 Å². The van der Waals surface area contributed by atoms with Gasteiger partial charge in [0.15, 0.2) is 0 Å². The first-order valence-electron chi connectivity index (χ1n) is 8.63. The summed E-state index contributed by atoms with van der Waals surface area (Å²) < 4.78 is 35.8. The molecular formula is C19H16F2N4O3. The first kappa shape index (κ1) is 18.2. The van der Waals surface area contributed by atoms with Crippen molar-refractivity contribution in [1.82, 2.24) is 15.2 Å². The van der Waals surface area contributed by atoms with Crippen molar-refractivity contribution in [1.29, 1.82) is 0 Å². The highest BCUT2D eigenvalue weighted by Crippen LogP contribution is 2.27. The molecule has 1 aromatic carbocycles. The predicted octanol–water partition coefficient (Wildman–Crippen LogP) is 3.04.